The predicted molar refractivity (Wildman–Crippen MR) is 77.0 cm³/mol. The molecule has 0 saturated heterocycles. The summed E-state index contributed by atoms with van der Waals surface area (Å²) in [6, 6.07) is 19.2. The lowest BCUT2D eigenvalue weighted by Gasteiger charge is -2.15. The molecule has 0 spiro atoms. The smallest absolute Gasteiger partial charge is 0.267 e. The van der Waals surface area contributed by atoms with Crippen molar-refractivity contribution in [2.45, 2.75) is 25.8 Å². The van der Waals surface area contributed by atoms with Crippen LogP contribution < -0.4 is 5.32 Å². The van der Waals surface area contributed by atoms with Crippen molar-refractivity contribution in [3.63, 3.8) is 0 Å². The zero-order valence-electron chi connectivity index (χ0n) is 11.1. The molecule has 1 radical (unpaired) electrons. The van der Waals surface area contributed by atoms with Crippen LogP contribution in [0.1, 0.15) is 41.7 Å². The number of rotatable bonds is 5. The number of hydrogen-bond acceptors (Lipinski definition) is 1. The van der Waals surface area contributed by atoms with Crippen LogP contribution in [0, 0.1) is 0 Å². The number of nitrogens with zero attached hydrogens (tertiary/aromatic N) is 1. The highest BCUT2D eigenvalue weighted by Gasteiger charge is 2.16. The van der Waals surface area contributed by atoms with Crippen molar-refractivity contribution in [1.29, 1.82) is 0 Å². The zero-order chi connectivity index (χ0) is 13.5. The second-order valence-electron chi connectivity index (χ2n) is 4.52. The van der Waals surface area contributed by atoms with Gasteiger partial charge in [-0.1, -0.05) is 61.9 Å². The molecule has 0 bridgehead atoms. The van der Waals surface area contributed by atoms with Crippen molar-refractivity contribution in [2.75, 3.05) is 0 Å². The molecule has 0 aliphatic carbocycles. The van der Waals surface area contributed by atoms with E-state index < -0.39 is 0 Å². The summed E-state index contributed by atoms with van der Waals surface area (Å²) in [5, 5.41) is 4.37. The van der Waals surface area contributed by atoms with E-state index in [2.05, 4.69) is 12.2 Å². The summed E-state index contributed by atoms with van der Waals surface area (Å²) in [7, 11) is 0. The van der Waals surface area contributed by atoms with E-state index in [1.807, 2.05) is 48.5 Å². The van der Waals surface area contributed by atoms with Crippen LogP contribution in [-0.2, 0) is 0 Å². The lowest BCUT2D eigenvalue weighted by Crippen LogP contribution is -2.21. The molecule has 2 aromatic rings. The Balaban J connectivity index is 2.11. The van der Waals surface area contributed by atoms with Gasteiger partial charge < -0.3 is 0 Å². The second-order valence-corrected chi connectivity index (χ2v) is 4.52. The van der Waals surface area contributed by atoms with Crippen molar-refractivity contribution < 1.29 is 4.79 Å². The summed E-state index contributed by atoms with van der Waals surface area (Å²) >= 11 is 0. The van der Waals surface area contributed by atoms with Crippen molar-refractivity contribution >= 4 is 5.91 Å². The Bertz CT molecular complexity index is 507. The van der Waals surface area contributed by atoms with E-state index in [4.69, 9.17) is 0 Å². The Morgan fingerprint density at radius 2 is 1.58 bits per heavy atom. The fourth-order valence-electron chi connectivity index (χ4n) is 2.05. The van der Waals surface area contributed by atoms with Gasteiger partial charge in [0.25, 0.3) is 5.91 Å². The van der Waals surface area contributed by atoms with Gasteiger partial charge in [-0.05, 0) is 24.1 Å². The fourth-order valence-corrected chi connectivity index (χ4v) is 2.05. The summed E-state index contributed by atoms with van der Waals surface area (Å²) in [6.07, 6.45) is 1.90. The molecule has 2 aromatic carbocycles. The van der Waals surface area contributed by atoms with E-state index >= 15 is 0 Å². The standard InChI is InChI=1S/C17H18NO/c1-2-9-16(14-10-5-3-6-11-14)18-17(19)15-12-7-4-8-13-15/h3-8,10-13,16H,2,9H2,1H3. The van der Waals surface area contributed by atoms with Crippen LogP contribution in [0.3, 0.4) is 0 Å². The molecule has 2 heteroatoms. The highest BCUT2D eigenvalue weighted by molar-refractivity contribution is 5.94. The molecular weight excluding hydrogens is 234 g/mol. The molecule has 97 valence electrons. The van der Waals surface area contributed by atoms with Gasteiger partial charge in [0, 0.05) is 5.56 Å². The van der Waals surface area contributed by atoms with Gasteiger partial charge in [-0.2, -0.15) is 0 Å². The van der Waals surface area contributed by atoms with Gasteiger partial charge in [0.15, 0.2) is 0 Å². The summed E-state index contributed by atoms with van der Waals surface area (Å²) in [5.74, 6) is -0.136. The van der Waals surface area contributed by atoms with Gasteiger partial charge in [-0.25, -0.2) is 5.32 Å². The Kier molecular flexibility index (Phi) is 4.73. The zero-order valence-corrected chi connectivity index (χ0v) is 11.1. The average molecular weight is 252 g/mol. The third kappa shape index (κ3) is 3.68. The summed E-state index contributed by atoms with van der Waals surface area (Å²) in [5.41, 5.74) is 1.76. The Morgan fingerprint density at radius 3 is 2.16 bits per heavy atom. The minimum absolute atomic E-state index is 0.0427. The SMILES string of the molecule is CCCC([N]C(=O)c1ccccc1)c1ccccc1. The molecule has 0 heterocycles. The molecule has 1 amide bonds. The summed E-state index contributed by atoms with van der Waals surface area (Å²) in [4.78, 5) is 12.1. The van der Waals surface area contributed by atoms with Crippen LogP contribution in [0.15, 0.2) is 60.7 Å². The first-order valence-corrected chi connectivity index (χ1v) is 6.66. The largest absolute Gasteiger partial charge is 0.273 e. The Labute approximate surface area is 114 Å². The van der Waals surface area contributed by atoms with Gasteiger partial charge in [0.05, 0.1) is 6.04 Å². The Morgan fingerprint density at radius 1 is 1.00 bits per heavy atom. The van der Waals surface area contributed by atoms with Gasteiger partial charge in [0.2, 0.25) is 0 Å². The van der Waals surface area contributed by atoms with Crippen LogP contribution in [0.2, 0.25) is 0 Å². The van der Waals surface area contributed by atoms with Crippen LogP contribution >= 0.6 is 0 Å². The molecule has 2 nitrogen and oxygen atoms in total. The minimum Gasteiger partial charge on any atom is -0.267 e. The normalized spacial score (nSPS) is 11.8. The van der Waals surface area contributed by atoms with Gasteiger partial charge in [-0.15, -0.1) is 0 Å². The molecular formula is C17H18NO. The van der Waals surface area contributed by atoms with Crippen LogP contribution in [0.5, 0.6) is 0 Å². The summed E-state index contributed by atoms with van der Waals surface area (Å²) in [6.45, 7) is 2.11. The maximum Gasteiger partial charge on any atom is 0.273 e. The van der Waals surface area contributed by atoms with Gasteiger partial charge in [0.1, 0.15) is 0 Å². The van der Waals surface area contributed by atoms with E-state index in [0.717, 1.165) is 18.4 Å². The number of carbonyl (C=O) groups excluding carboxylic acids is 1. The molecule has 1 unspecified atom stereocenters. The lowest BCUT2D eigenvalue weighted by molar-refractivity contribution is 0.0928. The Hall–Kier alpha value is -2.09. The number of carbonyl (C=O) groups is 1. The highest BCUT2D eigenvalue weighted by atomic mass is 16.1. The van der Waals surface area contributed by atoms with Crippen molar-refractivity contribution in [3.8, 4) is 0 Å². The predicted octanol–water partition coefficient (Wildman–Crippen LogP) is 3.97. The molecule has 1 atom stereocenters. The maximum atomic E-state index is 12.1. The topological polar surface area (TPSA) is 31.2 Å². The first kappa shape index (κ1) is 13.3. The highest BCUT2D eigenvalue weighted by Crippen LogP contribution is 2.20. The average Bonchev–Trinajstić information content (AvgIpc) is 2.48. The van der Waals surface area contributed by atoms with Crippen molar-refractivity contribution in [3.05, 3.63) is 71.8 Å². The van der Waals surface area contributed by atoms with Crippen LogP contribution in [0.4, 0.5) is 0 Å². The van der Waals surface area contributed by atoms with Crippen molar-refractivity contribution in [1.82, 2.24) is 5.32 Å². The van der Waals surface area contributed by atoms with Crippen molar-refractivity contribution in [2.24, 2.45) is 0 Å². The summed E-state index contributed by atoms with van der Waals surface area (Å²) < 4.78 is 0. The molecule has 19 heavy (non-hydrogen) atoms. The lowest BCUT2D eigenvalue weighted by atomic mass is 10.0. The first-order chi connectivity index (χ1) is 9.31. The fraction of sp³-hybridized carbons (Fsp3) is 0.235. The third-order valence-electron chi connectivity index (χ3n) is 3.04. The van der Waals surface area contributed by atoms with Gasteiger partial charge >= 0.3 is 0 Å². The minimum atomic E-state index is -0.136. The van der Waals surface area contributed by atoms with Crippen LogP contribution in [0.25, 0.3) is 0 Å². The third-order valence-corrected chi connectivity index (χ3v) is 3.04. The van der Waals surface area contributed by atoms with E-state index in [-0.39, 0.29) is 11.9 Å². The number of amides is 1. The van der Waals surface area contributed by atoms with E-state index in [9.17, 15) is 4.79 Å². The first-order valence-electron chi connectivity index (χ1n) is 6.66. The molecule has 0 aromatic heterocycles. The second kappa shape index (κ2) is 6.74. The maximum absolute atomic E-state index is 12.1. The van der Waals surface area contributed by atoms with Crippen LogP contribution in [-0.4, -0.2) is 5.91 Å². The van der Waals surface area contributed by atoms with E-state index in [1.165, 1.54) is 0 Å². The molecule has 0 aliphatic rings. The molecule has 0 saturated carbocycles. The van der Waals surface area contributed by atoms with E-state index in [1.54, 1.807) is 12.1 Å². The quantitative estimate of drug-likeness (QED) is 0.792. The number of hydrogen-bond donors (Lipinski definition) is 0. The van der Waals surface area contributed by atoms with E-state index in [0.29, 0.717) is 5.56 Å². The molecule has 0 N–H and O–H groups in total. The molecule has 0 fully saturated rings. The molecule has 0 aliphatic heterocycles. The molecule has 2 rings (SSSR count). The number of benzene rings is 2. The van der Waals surface area contributed by atoms with Gasteiger partial charge in [-0.3, -0.25) is 4.79 Å². The monoisotopic (exact) mass is 252 g/mol.